The average molecular weight is 360 g/mol. The molecule has 1 amide bonds. The first-order valence-corrected chi connectivity index (χ1v) is 8.61. The summed E-state index contributed by atoms with van der Waals surface area (Å²) in [7, 11) is 0. The first kappa shape index (κ1) is 18.3. The van der Waals surface area contributed by atoms with Crippen LogP contribution in [0.1, 0.15) is 36.0 Å². The molecule has 138 valence electrons. The summed E-state index contributed by atoms with van der Waals surface area (Å²) in [5, 5.41) is 0. The number of ether oxygens (including phenoxy) is 1. The van der Waals surface area contributed by atoms with Crippen LogP contribution in [0.25, 0.3) is 0 Å². The maximum Gasteiger partial charge on any atom is 0.410 e. The highest BCUT2D eigenvalue weighted by Gasteiger charge is 2.34. The van der Waals surface area contributed by atoms with Crippen LogP contribution in [0.2, 0.25) is 0 Å². The van der Waals surface area contributed by atoms with Crippen LogP contribution in [0.15, 0.2) is 54.6 Å². The number of nitrogens with zero attached hydrogens (tertiary/aromatic N) is 1. The quantitative estimate of drug-likeness (QED) is 0.889. The van der Waals surface area contributed by atoms with E-state index in [1.54, 1.807) is 17.0 Å². The van der Waals surface area contributed by atoms with Crippen molar-refractivity contribution in [2.45, 2.75) is 31.4 Å². The zero-order valence-electron chi connectivity index (χ0n) is 14.4. The average Bonchev–Trinajstić information content (AvgIpc) is 2.67. The van der Waals surface area contributed by atoms with E-state index in [1.165, 1.54) is 12.1 Å². The zero-order chi connectivity index (χ0) is 18.6. The summed E-state index contributed by atoms with van der Waals surface area (Å²) >= 11 is 0. The Morgan fingerprint density at radius 1 is 1.08 bits per heavy atom. The Balaban J connectivity index is 1.55. The number of nitrogens with two attached hydrogens (primary N) is 1. The van der Waals surface area contributed by atoms with Gasteiger partial charge in [-0.05, 0) is 24.0 Å². The molecular weight excluding hydrogens is 338 g/mol. The summed E-state index contributed by atoms with van der Waals surface area (Å²) in [6, 6.07) is 15.6. The Bertz CT molecular complexity index is 727. The summed E-state index contributed by atoms with van der Waals surface area (Å²) in [6.45, 7) is 1.18. The second-order valence-electron chi connectivity index (χ2n) is 6.61. The van der Waals surface area contributed by atoms with Gasteiger partial charge >= 0.3 is 6.09 Å². The van der Waals surface area contributed by atoms with E-state index in [9.17, 15) is 13.6 Å². The number of piperidine rings is 1. The zero-order valence-corrected chi connectivity index (χ0v) is 14.4. The van der Waals surface area contributed by atoms with E-state index in [0.29, 0.717) is 25.9 Å². The Labute approximate surface area is 151 Å². The van der Waals surface area contributed by atoms with Gasteiger partial charge in [-0.15, -0.1) is 0 Å². The van der Waals surface area contributed by atoms with Crippen LogP contribution < -0.4 is 5.73 Å². The number of carbonyl (C=O) groups is 1. The molecule has 0 atom stereocenters. The normalized spacial score (nSPS) is 16.5. The molecule has 1 fully saturated rings. The third-order valence-corrected chi connectivity index (χ3v) is 4.86. The van der Waals surface area contributed by atoms with E-state index >= 15 is 0 Å². The molecule has 0 radical (unpaired) electrons. The van der Waals surface area contributed by atoms with E-state index in [0.717, 1.165) is 11.1 Å². The van der Waals surface area contributed by atoms with Crippen molar-refractivity contribution < 1.29 is 18.3 Å². The van der Waals surface area contributed by atoms with E-state index in [1.807, 2.05) is 30.3 Å². The molecule has 1 saturated heterocycles. The lowest BCUT2D eigenvalue weighted by Crippen LogP contribution is -2.49. The SMILES string of the molecule is NC1(c2ccc(C(F)F)cc2)CCN(C(=O)OCc2ccccc2)CC1. The van der Waals surface area contributed by atoms with E-state index in [2.05, 4.69) is 0 Å². The number of halogens is 2. The number of benzene rings is 2. The van der Waals surface area contributed by atoms with Crippen LogP contribution in [0.4, 0.5) is 13.6 Å². The first-order valence-electron chi connectivity index (χ1n) is 8.61. The molecule has 2 aromatic carbocycles. The van der Waals surface area contributed by atoms with Gasteiger partial charge in [0.1, 0.15) is 6.61 Å². The van der Waals surface area contributed by atoms with E-state index < -0.39 is 12.0 Å². The molecule has 26 heavy (non-hydrogen) atoms. The molecule has 0 saturated carbocycles. The lowest BCUT2D eigenvalue weighted by Gasteiger charge is -2.39. The molecular formula is C20H22F2N2O2. The Hall–Kier alpha value is -2.47. The highest BCUT2D eigenvalue weighted by molar-refractivity contribution is 5.67. The van der Waals surface area contributed by atoms with Gasteiger partial charge in [0.15, 0.2) is 0 Å². The minimum atomic E-state index is -2.49. The molecule has 0 bridgehead atoms. The van der Waals surface area contributed by atoms with Gasteiger partial charge in [0.2, 0.25) is 0 Å². The molecule has 0 unspecified atom stereocenters. The second-order valence-corrected chi connectivity index (χ2v) is 6.61. The fourth-order valence-corrected chi connectivity index (χ4v) is 3.15. The second kappa shape index (κ2) is 7.83. The van der Waals surface area contributed by atoms with Crippen molar-refractivity contribution in [2.75, 3.05) is 13.1 Å². The lowest BCUT2D eigenvalue weighted by molar-refractivity contribution is 0.0779. The molecule has 2 aromatic rings. The third-order valence-electron chi connectivity index (χ3n) is 4.86. The predicted octanol–water partition coefficient (Wildman–Crippen LogP) is 4.21. The van der Waals surface area contributed by atoms with Gasteiger partial charge in [0, 0.05) is 24.2 Å². The minimum Gasteiger partial charge on any atom is -0.445 e. The van der Waals surface area contributed by atoms with Gasteiger partial charge in [-0.3, -0.25) is 0 Å². The van der Waals surface area contributed by atoms with Crippen molar-refractivity contribution in [3.8, 4) is 0 Å². The van der Waals surface area contributed by atoms with Gasteiger partial charge in [0.05, 0.1) is 0 Å². The van der Waals surface area contributed by atoms with Crippen LogP contribution in [0.3, 0.4) is 0 Å². The fourth-order valence-electron chi connectivity index (χ4n) is 3.15. The van der Waals surface area contributed by atoms with Gasteiger partial charge in [-0.2, -0.15) is 0 Å². The largest absolute Gasteiger partial charge is 0.445 e. The topological polar surface area (TPSA) is 55.6 Å². The summed E-state index contributed by atoms with van der Waals surface area (Å²) in [5.74, 6) is 0. The summed E-state index contributed by atoms with van der Waals surface area (Å²) in [6.07, 6.45) is -1.73. The number of likely N-dealkylation sites (tertiary alicyclic amines) is 1. The van der Waals surface area contributed by atoms with Gasteiger partial charge in [0.25, 0.3) is 6.43 Å². The third kappa shape index (κ3) is 4.19. The molecule has 0 aliphatic carbocycles. The van der Waals surface area contributed by atoms with Crippen molar-refractivity contribution in [3.63, 3.8) is 0 Å². The first-order chi connectivity index (χ1) is 12.5. The minimum absolute atomic E-state index is 0.0146. The Morgan fingerprint density at radius 2 is 1.69 bits per heavy atom. The van der Waals surface area contributed by atoms with E-state index in [-0.39, 0.29) is 18.3 Å². The standard InChI is InChI=1S/C20H22F2N2O2/c21-18(22)16-6-8-17(9-7-16)20(23)10-12-24(13-11-20)19(25)26-14-15-4-2-1-3-5-15/h1-9,18H,10-14,23H2. The summed E-state index contributed by atoms with van der Waals surface area (Å²) < 4.78 is 30.7. The van der Waals surface area contributed by atoms with Crippen molar-refractivity contribution in [2.24, 2.45) is 5.73 Å². The summed E-state index contributed by atoms with van der Waals surface area (Å²) in [4.78, 5) is 13.9. The molecule has 1 heterocycles. The van der Waals surface area contributed by atoms with Gasteiger partial charge < -0.3 is 15.4 Å². The number of hydrogen-bond acceptors (Lipinski definition) is 3. The molecule has 1 aliphatic rings. The highest BCUT2D eigenvalue weighted by Crippen LogP contribution is 2.32. The van der Waals surface area contributed by atoms with Crippen LogP contribution >= 0.6 is 0 Å². The molecule has 4 nitrogen and oxygen atoms in total. The number of hydrogen-bond donors (Lipinski definition) is 1. The Morgan fingerprint density at radius 3 is 2.27 bits per heavy atom. The van der Waals surface area contributed by atoms with Crippen LogP contribution in [0, 0.1) is 0 Å². The molecule has 0 aromatic heterocycles. The summed E-state index contributed by atoms with van der Waals surface area (Å²) in [5.41, 5.74) is 7.59. The van der Waals surface area contributed by atoms with Crippen molar-refractivity contribution in [3.05, 3.63) is 71.3 Å². The van der Waals surface area contributed by atoms with Crippen molar-refractivity contribution >= 4 is 6.09 Å². The van der Waals surface area contributed by atoms with Crippen molar-refractivity contribution in [1.82, 2.24) is 4.90 Å². The van der Waals surface area contributed by atoms with Gasteiger partial charge in [-0.1, -0.05) is 54.6 Å². The van der Waals surface area contributed by atoms with Crippen LogP contribution in [-0.4, -0.2) is 24.1 Å². The van der Waals surface area contributed by atoms with Crippen LogP contribution in [-0.2, 0) is 16.9 Å². The smallest absolute Gasteiger partial charge is 0.410 e. The fraction of sp³-hybridized carbons (Fsp3) is 0.350. The lowest BCUT2D eigenvalue weighted by atomic mass is 9.82. The monoisotopic (exact) mass is 360 g/mol. The maximum absolute atomic E-state index is 12.7. The maximum atomic E-state index is 12.7. The molecule has 0 spiro atoms. The molecule has 3 rings (SSSR count). The number of carbonyl (C=O) groups excluding carboxylic acids is 1. The molecule has 6 heteroatoms. The van der Waals surface area contributed by atoms with Gasteiger partial charge in [-0.25, -0.2) is 13.6 Å². The number of alkyl halides is 2. The number of amides is 1. The van der Waals surface area contributed by atoms with Crippen LogP contribution in [0.5, 0.6) is 0 Å². The van der Waals surface area contributed by atoms with Crippen molar-refractivity contribution in [1.29, 1.82) is 0 Å². The Kier molecular flexibility index (Phi) is 5.52. The van der Waals surface area contributed by atoms with E-state index in [4.69, 9.17) is 10.5 Å². The molecule has 2 N–H and O–H groups in total. The number of rotatable bonds is 4. The predicted molar refractivity (Wildman–Crippen MR) is 94.7 cm³/mol. The molecule has 1 aliphatic heterocycles. The highest BCUT2D eigenvalue weighted by atomic mass is 19.3.